The maximum Gasteiger partial charge on any atom is 0.326 e. The van der Waals surface area contributed by atoms with E-state index in [-0.39, 0.29) is 5.91 Å². The molecule has 0 bridgehead atoms. The molecule has 1 aromatic carbocycles. The lowest BCUT2D eigenvalue weighted by atomic mass is 10.1. The van der Waals surface area contributed by atoms with E-state index in [2.05, 4.69) is 0 Å². The molecule has 0 aliphatic heterocycles. The first-order valence-corrected chi connectivity index (χ1v) is 6.17. The van der Waals surface area contributed by atoms with E-state index in [1.807, 2.05) is 6.07 Å². The van der Waals surface area contributed by atoms with Crippen molar-refractivity contribution in [2.24, 2.45) is 0 Å². The van der Waals surface area contributed by atoms with E-state index in [9.17, 15) is 9.59 Å². The minimum atomic E-state index is -1.02. The smallest absolute Gasteiger partial charge is 0.326 e. The standard InChI is InChI=1S/C15H16N2O3/c1-3-13(15(19)20)17(2)14(18)9-8-11-4-6-12(10-16)7-5-11/h4-9,13H,3H2,1-2H3,(H,19,20). The Morgan fingerprint density at radius 1 is 1.40 bits per heavy atom. The number of aliphatic carboxylic acids is 1. The number of nitrogens with zero attached hydrogens (tertiary/aromatic N) is 2. The molecule has 1 amide bonds. The van der Waals surface area contributed by atoms with Crippen molar-refractivity contribution in [2.75, 3.05) is 7.05 Å². The molecule has 1 unspecified atom stereocenters. The molecular formula is C15H16N2O3. The minimum Gasteiger partial charge on any atom is -0.480 e. The fourth-order valence-corrected chi connectivity index (χ4v) is 1.72. The van der Waals surface area contributed by atoms with E-state index in [1.54, 1.807) is 37.3 Å². The summed E-state index contributed by atoms with van der Waals surface area (Å²) in [5.74, 6) is -1.39. The van der Waals surface area contributed by atoms with E-state index in [0.717, 1.165) is 5.56 Å². The number of amides is 1. The van der Waals surface area contributed by atoms with Gasteiger partial charge in [-0.05, 0) is 30.2 Å². The first-order valence-electron chi connectivity index (χ1n) is 6.17. The normalized spacial score (nSPS) is 11.8. The number of carboxylic acids is 1. The van der Waals surface area contributed by atoms with Crippen molar-refractivity contribution in [2.45, 2.75) is 19.4 Å². The van der Waals surface area contributed by atoms with Gasteiger partial charge in [0.25, 0.3) is 0 Å². The molecule has 0 aliphatic rings. The molecule has 1 atom stereocenters. The third kappa shape index (κ3) is 3.95. The lowest BCUT2D eigenvalue weighted by molar-refractivity contribution is -0.147. The van der Waals surface area contributed by atoms with Gasteiger partial charge < -0.3 is 10.0 Å². The van der Waals surface area contributed by atoms with Crippen LogP contribution in [0.15, 0.2) is 30.3 Å². The van der Waals surface area contributed by atoms with Crippen molar-refractivity contribution in [3.8, 4) is 6.07 Å². The third-order valence-corrected chi connectivity index (χ3v) is 2.95. The predicted molar refractivity (Wildman–Crippen MR) is 74.7 cm³/mol. The second-order valence-corrected chi connectivity index (χ2v) is 4.28. The molecule has 104 valence electrons. The van der Waals surface area contributed by atoms with Gasteiger partial charge in [-0.3, -0.25) is 4.79 Å². The molecule has 0 aliphatic carbocycles. The number of carboxylic acid groups (broad SMARTS) is 1. The first kappa shape index (κ1) is 15.4. The number of benzene rings is 1. The molecule has 0 radical (unpaired) electrons. The van der Waals surface area contributed by atoms with E-state index in [4.69, 9.17) is 10.4 Å². The van der Waals surface area contributed by atoms with Crippen molar-refractivity contribution in [3.63, 3.8) is 0 Å². The van der Waals surface area contributed by atoms with Crippen molar-refractivity contribution in [1.82, 2.24) is 4.90 Å². The highest BCUT2D eigenvalue weighted by molar-refractivity contribution is 5.94. The largest absolute Gasteiger partial charge is 0.480 e. The average Bonchev–Trinajstić information content (AvgIpc) is 2.45. The Hall–Kier alpha value is -2.61. The summed E-state index contributed by atoms with van der Waals surface area (Å²) in [6, 6.07) is 7.93. The van der Waals surface area contributed by atoms with Crippen molar-refractivity contribution < 1.29 is 14.7 Å². The fourth-order valence-electron chi connectivity index (χ4n) is 1.72. The van der Waals surface area contributed by atoms with Crippen LogP contribution in [0.4, 0.5) is 0 Å². The molecular weight excluding hydrogens is 256 g/mol. The molecule has 20 heavy (non-hydrogen) atoms. The number of rotatable bonds is 5. The molecule has 1 rings (SSSR count). The Balaban J connectivity index is 2.76. The molecule has 0 spiro atoms. The minimum absolute atomic E-state index is 0.349. The summed E-state index contributed by atoms with van der Waals surface area (Å²) >= 11 is 0. The molecule has 0 saturated heterocycles. The fraction of sp³-hybridized carbons (Fsp3) is 0.267. The second kappa shape index (κ2) is 7.10. The quantitative estimate of drug-likeness (QED) is 0.830. The Kier molecular flexibility index (Phi) is 5.48. The van der Waals surface area contributed by atoms with Gasteiger partial charge in [0.1, 0.15) is 6.04 Å². The molecule has 0 saturated carbocycles. The lowest BCUT2D eigenvalue weighted by Crippen LogP contribution is -2.41. The zero-order valence-corrected chi connectivity index (χ0v) is 11.4. The highest BCUT2D eigenvalue weighted by Gasteiger charge is 2.22. The van der Waals surface area contributed by atoms with Gasteiger partial charge in [0, 0.05) is 13.1 Å². The molecule has 0 fully saturated rings. The van der Waals surface area contributed by atoms with Gasteiger partial charge >= 0.3 is 5.97 Å². The van der Waals surface area contributed by atoms with Crippen LogP contribution in [-0.2, 0) is 9.59 Å². The van der Waals surface area contributed by atoms with Crippen molar-refractivity contribution in [3.05, 3.63) is 41.5 Å². The molecule has 0 aromatic heterocycles. The zero-order chi connectivity index (χ0) is 15.1. The lowest BCUT2D eigenvalue weighted by Gasteiger charge is -2.22. The summed E-state index contributed by atoms with van der Waals surface area (Å²) in [7, 11) is 1.47. The maximum absolute atomic E-state index is 11.9. The highest BCUT2D eigenvalue weighted by Crippen LogP contribution is 2.07. The first-order chi connectivity index (χ1) is 9.49. The number of nitriles is 1. The van der Waals surface area contributed by atoms with Crippen LogP contribution in [0.3, 0.4) is 0 Å². The monoisotopic (exact) mass is 272 g/mol. The second-order valence-electron chi connectivity index (χ2n) is 4.28. The number of hydrogen-bond acceptors (Lipinski definition) is 3. The van der Waals surface area contributed by atoms with Crippen LogP contribution in [0.5, 0.6) is 0 Å². The molecule has 1 aromatic rings. The number of hydrogen-bond donors (Lipinski definition) is 1. The summed E-state index contributed by atoms with van der Waals surface area (Å²) in [5, 5.41) is 17.7. The van der Waals surface area contributed by atoms with Gasteiger partial charge in [0.2, 0.25) is 5.91 Å². The molecule has 1 N–H and O–H groups in total. The summed E-state index contributed by atoms with van der Waals surface area (Å²) < 4.78 is 0. The molecule has 5 nitrogen and oxygen atoms in total. The Morgan fingerprint density at radius 3 is 2.45 bits per heavy atom. The van der Waals surface area contributed by atoms with E-state index in [0.29, 0.717) is 12.0 Å². The number of likely N-dealkylation sites (N-methyl/N-ethyl adjacent to an activating group) is 1. The van der Waals surface area contributed by atoms with Gasteiger partial charge in [0.15, 0.2) is 0 Å². The maximum atomic E-state index is 11.9. The van der Waals surface area contributed by atoms with Gasteiger partial charge in [-0.2, -0.15) is 5.26 Å². The Bertz CT molecular complexity index is 555. The zero-order valence-electron chi connectivity index (χ0n) is 11.4. The van der Waals surface area contributed by atoms with Crippen LogP contribution in [0.2, 0.25) is 0 Å². The van der Waals surface area contributed by atoms with Crippen LogP contribution < -0.4 is 0 Å². The predicted octanol–water partition coefficient (Wildman–Crippen LogP) is 1.89. The number of carbonyl (C=O) groups is 2. The van der Waals surface area contributed by atoms with Gasteiger partial charge in [-0.15, -0.1) is 0 Å². The van der Waals surface area contributed by atoms with Crippen LogP contribution >= 0.6 is 0 Å². The van der Waals surface area contributed by atoms with E-state index in [1.165, 1.54) is 18.0 Å². The van der Waals surface area contributed by atoms with Gasteiger partial charge in [0.05, 0.1) is 11.6 Å². The van der Waals surface area contributed by atoms with Crippen LogP contribution in [0.25, 0.3) is 6.08 Å². The van der Waals surface area contributed by atoms with Crippen LogP contribution in [0.1, 0.15) is 24.5 Å². The van der Waals surface area contributed by atoms with Crippen molar-refractivity contribution >= 4 is 18.0 Å². The van der Waals surface area contributed by atoms with Crippen LogP contribution in [-0.4, -0.2) is 35.0 Å². The van der Waals surface area contributed by atoms with E-state index >= 15 is 0 Å². The topological polar surface area (TPSA) is 81.4 Å². The van der Waals surface area contributed by atoms with E-state index < -0.39 is 12.0 Å². The van der Waals surface area contributed by atoms with Gasteiger partial charge in [-0.25, -0.2) is 4.79 Å². The van der Waals surface area contributed by atoms with Crippen molar-refractivity contribution in [1.29, 1.82) is 5.26 Å². The van der Waals surface area contributed by atoms with Gasteiger partial charge in [-0.1, -0.05) is 19.1 Å². The average molecular weight is 272 g/mol. The van der Waals surface area contributed by atoms with Crippen LogP contribution in [0, 0.1) is 11.3 Å². The Labute approximate surface area is 117 Å². The summed E-state index contributed by atoms with van der Waals surface area (Å²) in [4.78, 5) is 24.0. The summed E-state index contributed by atoms with van der Waals surface area (Å²) in [6.45, 7) is 1.72. The Morgan fingerprint density at radius 2 is 2.00 bits per heavy atom. The summed E-state index contributed by atoms with van der Waals surface area (Å²) in [6.07, 6.45) is 3.27. The SMILES string of the molecule is CCC(C(=O)O)N(C)C(=O)C=Cc1ccc(C#N)cc1. The highest BCUT2D eigenvalue weighted by atomic mass is 16.4. The number of carbonyl (C=O) groups excluding carboxylic acids is 1. The molecule has 5 heteroatoms. The summed E-state index contributed by atoms with van der Waals surface area (Å²) in [5.41, 5.74) is 1.32. The molecule has 0 heterocycles. The third-order valence-electron chi connectivity index (χ3n) is 2.95.